The molecule has 0 aromatic rings. The molecule has 15 heavy (non-hydrogen) atoms. The quantitative estimate of drug-likeness (QED) is 0.443. The van der Waals surface area contributed by atoms with Crippen LogP contribution >= 0.6 is 0 Å². The van der Waals surface area contributed by atoms with E-state index in [2.05, 4.69) is 6.58 Å². The summed E-state index contributed by atoms with van der Waals surface area (Å²) in [5.41, 5.74) is 0. The van der Waals surface area contributed by atoms with Gasteiger partial charge in [0.2, 0.25) is 5.91 Å². The lowest BCUT2D eigenvalue weighted by molar-refractivity contribution is -0.136. The van der Waals surface area contributed by atoms with Crippen LogP contribution in [0.3, 0.4) is 0 Å². The van der Waals surface area contributed by atoms with Crippen molar-refractivity contribution in [2.45, 2.75) is 18.9 Å². The van der Waals surface area contributed by atoms with E-state index in [0.29, 0.717) is 25.8 Å². The molecule has 0 N–H and O–H groups in total. The first-order valence-corrected chi connectivity index (χ1v) is 5.26. The molecule has 1 saturated carbocycles. The number of carbonyl (C=O) groups excluding carboxylic acids is 1. The Bertz CT molecular complexity index is 214. The lowest BCUT2D eigenvalue weighted by Crippen LogP contribution is -2.36. The second-order valence-electron chi connectivity index (χ2n) is 3.61. The van der Waals surface area contributed by atoms with Crippen molar-refractivity contribution in [1.29, 1.82) is 0 Å². The van der Waals surface area contributed by atoms with E-state index in [-0.39, 0.29) is 12.5 Å². The highest BCUT2D eigenvalue weighted by Gasteiger charge is 2.31. The van der Waals surface area contributed by atoms with Crippen molar-refractivity contribution in [3.05, 3.63) is 12.7 Å². The first-order valence-electron chi connectivity index (χ1n) is 5.26. The van der Waals surface area contributed by atoms with Gasteiger partial charge >= 0.3 is 0 Å². The highest BCUT2D eigenvalue weighted by atomic mass is 16.5. The van der Waals surface area contributed by atoms with Gasteiger partial charge in [0, 0.05) is 19.7 Å². The number of ether oxygens (including phenoxy) is 2. The summed E-state index contributed by atoms with van der Waals surface area (Å²) in [6.07, 6.45) is 3.97. The maximum absolute atomic E-state index is 11.7. The molecule has 0 saturated heterocycles. The van der Waals surface area contributed by atoms with Gasteiger partial charge in [-0.3, -0.25) is 4.79 Å². The Morgan fingerprint density at radius 2 is 2.27 bits per heavy atom. The third-order valence-corrected chi connectivity index (χ3v) is 2.29. The van der Waals surface area contributed by atoms with Crippen LogP contribution in [0.25, 0.3) is 0 Å². The van der Waals surface area contributed by atoms with Gasteiger partial charge in [0.05, 0.1) is 13.2 Å². The van der Waals surface area contributed by atoms with Crippen LogP contribution in [0.4, 0.5) is 0 Å². The molecule has 1 aliphatic rings. The highest BCUT2D eigenvalue weighted by molar-refractivity contribution is 5.78. The zero-order valence-electron chi connectivity index (χ0n) is 9.28. The van der Waals surface area contributed by atoms with Gasteiger partial charge in [0.1, 0.15) is 6.61 Å². The van der Waals surface area contributed by atoms with Gasteiger partial charge in [-0.15, -0.1) is 6.58 Å². The minimum atomic E-state index is 0.0495. The van der Waals surface area contributed by atoms with E-state index < -0.39 is 0 Å². The normalized spacial score (nSPS) is 15.0. The number of hydrogen-bond donors (Lipinski definition) is 0. The molecule has 0 aliphatic heterocycles. The van der Waals surface area contributed by atoms with Crippen molar-refractivity contribution in [2.75, 3.05) is 33.5 Å². The van der Waals surface area contributed by atoms with Crippen LogP contribution in [0.1, 0.15) is 12.8 Å². The molecule has 0 aromatic heterocycles. The second-order valence-corrected chi connectivity index (χ2v) is 3.61. The number of rotatable bonds is 8. The number of methoxy groups -OCH3 is 1. The van der Waals surface area contributed by atoms with Crippen LogP contribution in [-0.2, 0) is 14.3 Å². The minimum Gasteiger partial charge on any atom is -0.382 e. The van der Waals surface area contributed by atoms with E-state index in [9.17, 15) is 4.79 Å². The average Bonchev–Trinajstić information content (AvgIpc) is 3.04. The van der Waals surface area contributed by atoms with Crippen molar-refractivity contribution in [1.82, 2.24) is 4.90 Å². The lowest BCUT2D eigenvalue weighted by Gasteiger charge is -2.20. The summed E-state index contributed by atoms with van der Waals surface area (Å²) in [6, 6.07) is 0.418. The molecule has 0 heterocycles. The summed E-state index contributed by atoms with van der Waals surface area (Å²) >= 11 is 0. The van der Waals surface area contributed by atoms with Crippen LogP contribution in [0, 0.1) is 0 Å². The van der Waals surface area contributed by atoms with Gasteiger partial charge < -0.3 is 14.4 Å². The second kappa shape index (κ2) is 6.58. The first-order chi connectivity index (χ1) is 7.29. The summed E-state index contributed by atoms with van der Waals surface area (Å²) in [5.74, 6) is 0.0495. The molecule has 4 heteroatoms. The van der Waals surface area contributed by atoms with E-state index in [0.717, 1.165) is 12.8 Å². The fourth-order valence-corrected chi connectivity index (χ4v) is 1.36. The molecule has 86 valence electrons. The molecule has 0 spiro atoms. The first kappa shape index (κ1) is 12.2. The number of amides is 1. The Morgan fingerprint density at radius 1 is 1.53 bits per heavy atom. The van der Waals surface area contributed by atoms with Gasteiger partial charge in [0.15, 0.2) is 0 Å². The van der Waals surface area contributed by atoms with Crippen LogP contribution in [0.2, 0.25) is 0 Å². The van der Waals surface area contributed by atoms with Gasteiger partial charge in [-0.05, 0) is 12.8 Å². The van der Waals surface area contributed by atoms with Crippen molar-refractivity contribution in [3.63, 3.8) is 0 Å². The van der Waals surface area contributed by atoms with Gasteiger partial charge in [-0.2, -0.15) is 0 Å². The summed E-state index contributed by atoms with van der Waals surface area (Å²) in [4.78, 5) is 13.5. The summed E-state index contributed by atoms with van der Waals surface area (Å²) < 4.78 is 10.0. The zero-order valence-corrected chi connectivity index (χ0v) is 9.28. The van der Waals surface area contributed by atoms with Crippen molar-refractivity contribution < 1.29 is 14.3 Å². The fourth-order valence-electron chi connectivity index (χ4n) is 1.36. The predicted molar refractivity (Wildman–Crippen MR) is 57.6 cm³/mol. The zero-order chi connectivity index (χ0) is 11.1. The Balaban J connectivity index is 2.20. The van der Waals surface area contributed by atoms with E-state index in [4.69, 9.17) is 9.47 Å². The Kier molecular flexibility index (Phi) is 5.36. The van der Waals surface area contributed by atoms with E-state index in [1.807, 2.05) is 4.90 Å². The molecule has 0 bridgehead atoms. The third kappa shape index (κ3) is 4.44. The largest absolute Gasteiger partial charge is 0.382 e. The monoisotopic (exact) mass is 213 g/mol. The molecule has 1 aliphatic carbocycles. The molecule has 0 atom stereocenters. The third-order valence-electron chi connectivity index (χ3n) is 2.29. The average molecular weight is 213 g/mol. The maximum atomic E-state index is 11.7. The minimum absolute atomic E-state index is 0.0495. The SMILES string of the molecule is C=CCN(C(=O)COCCOC)C1CC1. The molecule has 1 fully saturated rings. The summed E-state index contributed by atoms with van der Waals surface area (Å²) in [6.45, 7) is 5.41. The smallest absolute Gasteiger partial charge is 0.249 e. The summed E-state index contributed by atoms with van der Waals surface area (Å²) in [7, 11) is 1.61. The van der Waals surface area contributed by atoms with E-state index >= 15 is 0 Å². The lowest BCUT2D eigenvalue weighted by atomic mass is 10.4. The molecule has 4 nitrogen and oxygen atoms in total. The Morgan fingerprint density at radius 3 is 2.80 bits per heavy atom. The molecule has 0 radical (unpaired) electrons. The molecule has 1 rings (SSSR count). The number of carbonyl (C=O) groups is 1. The topological polar surface area (TPSA) is 38.8 Å². The van der Waals surface area contributed by atoms with E-state index in [1.165, 1.54) is 0 Å². The summed E-state index contributed by atoms with van der Waals surface area (Å²) in [5, 5.41) is 0. The van der Waals surface area contributed by atoms with Crippen LogP contribution in [0.15, 0.2) is 12.7 Å². The van der Waals surface area contributed by atoms with E-state index in [1.54, 1.807) is 13.2 Å². The van der Waals surface area contributed by atoms with Gasteiger partial charge in [-0.25, -0.2) is 0 Å². The molecular weight excluding hydrogens is 194 g/mol. The molecule has 0 unspecified atom stereocenters. The standard InChI is InChI=1S/C11H19NO3/c1-3-6-12(10-4-5-10)11(13)9-15-8-7-14-2/h3,10H,1,4-9H2,2H3. The predicted octanol–water partition coefficient (Wildman–Crippen LogP) is 0.826. The number of nitrogens with zero attached hydrogens (tertiary/aromatic N) is 1. The van der Waals surface area contributed by atoms with Crippen LogP contribution < -0.4 is 0 Å². The molecule has 1 amide bonds. The van der Waals surface area contributed by atoms with Crippen LogP contribution in [0.5, 0.6) is 0 Å². The Hall–Kier alpha value is -0.870. The van der Waals surface area contributed by atoms with Crippen LogP contribution in [-0.4, -0.2) is 50.3 Å². The Labute approximate surface area is 90.8 Å². The molecular formula is C11H19NO3. The van der Waals surface area contributed by atoms with Crippen molar-refractivity contribution in [3.8, 4) is 0 Å². The highest BCUT2D eigenvalue weighted by Crippen LogP contribution is 2.26. The number of hydrogen-bond acceptors (Lipinski definition) is 3. The van der Waals surface area contributed by atoms with Crippen molar-refractivity contribution in [2.24, 2.45) is 0 Å². The van der Waals surface area contributed by atoms with Gasteiger partial charge in [-0.1, -0.05) is 6.08 Å². The maximum Gasteiger partial charge on any atom is 0.249 e. The molecule has 0 aromatic carbocycles. The fraction of sp³-hybridized carbons (Fsp3) is 0.727. The van der Waals surface area contributed by atoms with Crippen molar-refractivity contribution >= 4 is 5.91 Å². The van der Waals surface area contributed by atoms with Gasteiger partial charge in [0.25, 0.3) is 0 Å².